The van der Waals surface area contributed by atoms with Crippen molar-refractivity contribution in [1.29, 1.82) is 0 Å². The first-order chi connectivity index (χ1) is 7.63. The van der Waals surface area contributed by atoms with Crippen LogP contribution in [0.15, 0.2) is 18.2 Å². The van der Waals surface area contributed by atoms with E-state index in [9.17, 15) is 9.90 Å². The van der Waals surface area contributed by atoms with E-state index < -0.39 is 5.97 Å². The maximum atomic E-state index is 11.3. The number of halogens is 1. The molecule has 1 aromatic rings. The Labute approximate surface area is 99.0 Å². The molecular formula is C12H13ClO3. The number of aliphatic hydroxyl groups excluding tert-OH is 1. The second-order valence-corrected chi connectivity index (χ2v) is 4.53. The molecule has 0 spiro atoms. The molecule has 1 N–H and O–H groups in total. The molecule has 1 aliphatic carbocycles. The summed E-state index contributed by atoms with van der Waals surface area (Å²) in [6.07, 6.45) is 1.94. The Balaban J connectivity index is 2.33. The Hall–Kier alpha value is -1.06. The van der Waals surface area contributed by atoms with Crippen molar-refractivity contribution in [3.63, 3.8) is 0 Å². The zero-order valence-corrected chi connectivity index (χ0v) is 9.75. The third-order valence-electron chi connectivity index (χ3n) is 3.14. The second kappa shape index (κ2) is 4.07. The summed E-state index contributed by atoms with van der Waals surface area (Å²) in [7, 11) is 1.32. The largest absolute Gasteiger partial charge is 0.465 e. The number of rotatable bonds is 3. The van der Waals surface area contributed by atoms with Crippen molar-refractivity contribution < 1.29 is 14.6 Å². The summed E-state index contributed by atoms with van der Waals surface area (Å²) in [5.74, 6) is -0.439. The fourth-order valence-electron chi connectivity index (χ4n) is 1.81. The fourth-order valence-corrected chi connectivity index (χ4v) is 2.07. The Morgan fingerprint density at radius 2 is 2.25 bits per heavy atom. The topological polar surface area (TPSA) is 46.5 Å². The molecule has 0 aromatic heterocycles. The lowest BCUT2D eigenvalue weighted by Crippen LogP contribution is -2.12. The van der Waals surface area contributed by atoms with Gasteiger partial charge in [0.15, 0.2) is 0 Å². The molecule has 86 valence electrons. The van der Waals surface area contributed by atoms with Gasteiger partial charge in [0.2, 0.25) is 0 Å². The normalized spacial score (nSPS) is 16.9. The van der Waals surface area contributed by atoms with Crippen LogP contribution in [-0.2, 0) is 10.2 Å². The summed E-state index contributed by atoms with van der Waals surface area (Å²) < 4.78 is 4.61. The van der Waals surface area contributed by atoms with Gasteiger partial charge >= 0.3 is 5.97 Å². The van der Waals surface area contributed by atoms with Crippen LogP contribution >= 0.6 is 11.6 Å². The quantitative estimate of drug-likeness (QED) is 0.824. The summed E-state index contributed by atoms with van der Waals surface area (Å²) in [6, 6.07) is 5.23. The SMILES string of the molecule is COC(=O)c1ccc(C2(CO)CC2)cc1Cl. The fraction of sp³-hybridized carbons (Fsp3) is 0.417. The summed E-state index contributed by atoms with van der Waals surface area (Å²) in [6.45, 7) is 0.126. The van der Waals surface area contributed by atoms with Crippen molar-refractivity contribution in [3.8, 4) is 0 Å². The van der Waals surface area contributed by atoms with Crippen LogP contribution in [0, 0.1) is 0 Å². The predicted molar refractivity (Wildman–Crippen MR) is 60.8 cm³/mol. The standard InChI is InChI=1S/C12H13ClO3/c1-16-11(15)9-3-2-8(6-10(9)13)12(7-14)4-5-12/h2-3,6,14H,4-5,7H2,1H3. The minimum atomic E-state index is -0.439. The van der Waals surface area contributed by atoms with E-state index in [1.54, 1.807) is 12.1 Å². The van der Waals surface area contributed by atoms with Gasteiger partial charge in [0.25, 0.3) is 0 Å². The van der Waals surface area contributed by atoms with Gasteiger partial charge < -0.3 is 9.84 Å². The predicted octanol–water partition coefficient (Wildman–Crippen LogP) is 2.15. The number of esters is 1. The summed E-state index contributed by atoms with van der Waals surface area (Å²) in [5, 5.41) is 9.67. The van der Waals surface area contributed by atoms with Crippen molar-refractivity contribution in [1.82, 2.24) is 0 Å². The van der Waals surface area contributed by atoms with Gasteiger partial charge in [0, 0.05) is 5.41 Å². The molecule has 1 fully saturated rings. The maximum Gasteiger partial charge on any atom is 0.339 e. The molecule has 0 aliphatic heterocycles. The first-order valence-electron chi connectivity index (χ1n) is 5.12. The van der Waals surface area contributed by atoms with Gasteiger partial charge in [-0.05, 0) is 30.5 Å². The Bertz CT molecular complexity index is 424. The number of ether oxygens (including phenoxy) is 1. The van der Waals surface area contributed by atoms with Crippen LogP contribution in [0.4, 0.5) is 0 Å². The lowest BCUT2D eigenvalue weighted by atomic mass is 9.96. The molecule has 0 saturated heterocycles. The molecule has 1 aromatic carbocycles. The zero-order chi connectivity index (χ0) is 11.8. The average Bonchev–Trinajstić information content (AvgIpc) is 3.09. The monoisotopic (exact) mass is 240 g/mol. The van der Waals surface area contributed by atoms with E-state index in [0.717, 1.165) is 18.4 Å². The number of hydrogen-bond donors (Lipinski definition) is 1. The van der Waals surface area contributed by atoms with Crippen molar-refractivity contribution in [2.45, 2.75) is 18.3 Å². The van der Waals surface area contributed by atoms with Crippen LogP contribution < -0.4 is 0 Å². The Morgan fingerprint density at radius 3 is 2.69 bits per heavy atom. The molecule has 0 unspecified atom stereocenters. The van der Waals surface area contributed by atoms with Crippen LogP contribution in [-0.4, -0.2) is 24.8 Å². The minimum absolute atomic E-state index is 0.126. The summed E-state index contributed by atoms with van der Waals surface area (Å²) in [4.78, 5) is 11.3. The van der Waals surface area contributed by atoms with E-state index in [1.807, 2.05) is 6.07 Å². The van der Waals surface area contributed by atoms with Crippen LogP contribution in [0.25, 0.3) is 0 Å². The molecule has 2 rings (SSSR count). The molecular weight excluding hydrogens is 228 g/mol. The first kappa shape index (κ1) is 11.4. The number of carbonyl (C=O) groups is 1. The summed E-state index contributed by atoms with van der Waals surface area (Å²) in [5.41, 5.74) is 1.23. The first-order valence-corrected chi connectivity index (χ1v) is 5.50. The molecule has 1 aliphatic rings. The highest BCUT2D eigenvalue weighted by molar-refractivity contribution is 6.33. The van der Waals surface area contributed by atoms with Gasteiger partial charge in [-0.3, -0.25) is 0 Å². The van der Waals surface area contributed by atoms with E-state index in [-0.39, 0.29) is 12.0 Å². The van der Waals surface area contributed by atoms with Crippen molar-refractivity contribution >= 4 is 17.6 Å². The lowest BCUT2D eigenvalue weighted by Gasteiger charge is -2.13. The van der Waals surface area contributed by atoms with Crippen LogP contribution in [0.5, 0.6) is 0 Å². The van der Waals surface area contributed by atoms with Gasteiger partial charge in [-0.2, -0.15) is 0 Å². The lowest BCUT2D eigenvalue weighted by molar-refractivity contribution is 0.0601. The van der Waals surface area contributed by atoms with Crippen LogP contribution in [0.2, 0.25) is 5.02 Å². The van der Waals surface area contributed by atoms with Crippen molar-refractivity contribution in [2.24, 2.45) is 0 Å². The number of aliphatic hydroxyl groups is 1. The number of benzene rings is 1. The highest BCUT2D eigenvalue weighted by Gasteiger charge is 2.43. The van der Waals surface area contributed by atoms with Gasteiger partial charge in [0.1, 0.15) is 0 Å². The highest BCUT2D eigenvalue weighted by atomic mass is 35.5. The maximum absolute atomic E-state index is 11.3. The molecule has 16 heavy (non-hydrogen) atoms. The number of hydrogen-bond acceptors (Lipinski definition) is 3. The molecule has 0 radical (unpaired) electrons. The van der Waals surface area contributed by atoms with Crippen LogP contribution in [0.1, 0.15) is 28.8 Å². The van der Waals surface area contributed by atoms with Gasteiger partial charge in [-0.1, -0.05) is 17.7 Å². The molecule has 3 nitrogen and oxygen atoms in total. The summed E-state index contributed by atoms with van der Waals surface area (Å²) >= 11 is 6.01. The highest BCUT2D eigenvalue weighted by Crippen LogP contribution is 2.48. The van der Waals surface area contributed by atoms with Gasteiger partial charge in [-0.15, -0.1) is 0 Å². The smallest absolute Gasteiger partial charge is 0.339 e. The van der Waals surface area contributed by atoms with Crippen molar-refractivity contribution in [2.75, 3.05) is 13.7 Å². The Morgan fingerprint density at radius 1 is 1.56 bits per heavy atom. The third kappa shape index (κ3) is 1.81. The van der Waals surface area contributed by atoms with E-state index in [4.69, 9.17) is 11.6 Å². The Kier molecular flexibility index (Phi) is 2.91. The average molecular weight is 241 g/mol. The molecule has 0 bridgehead atoms. The van der Waals surface area contributed by atoms with Gasteiger partial charge in [0.05, 0.1) is 24.3 Å². The van der Waals surface area contributed by atoms with E-state index >= 15 is 0 Å². The number of carbonyl (C=O) groups excluding carboxylic acids is 1. The molecule has 0 atom stereocenters. The van der Waals surface area contributed by atoms with Crippen molar-refractivity contribution in [3.05, 3.63) is 34.3 Å². The number of methoxy groups -OCH3 is 1. The zero-order valence-electron chi connectivity index (χ0n) is 9.00. The molecule has 0 heterocycles. The minimum Gasteiger partial charge on any atom is -0.465 e. The van der Waals surface area contributed by atoms with E-state index in [2.05, 4.69) is 4.74 Å². The molecule has 4 heteroatoms. The molecule has 0 amide bonds. The third-order valence-corrected chi connectivity index (χ3v) is 3.46. The molecule has 1 saturated carbocycles. The van der Waals surface area contributed by atoms with E-state index in [1.165, 1.54) is 7.11 Å². The van der Waals surface area contributed by atoms with E-state index in [0.29, 0.717) is 10.6 Å². The van der Waals surface area contributed by atoms with Gasteiger partial charge in [-0.25, -0.2) is 4.79 Å². The second-order valence-electron chi connectivity index (χ2n) is 4.12. The van der Waals surface area contributed by atoms with Crippen LogP contribution in [0.3, 0.4) is 0 Å².